The Morgan fingerprint density at radius 3 is 2.79 bits per heavy atom. The Labute approximate surface area is 114 Å². The number of benzene rings is 1. The van der Waals surface area contributed by atoms with Crippen LogP contribution in [0.3, 0.4) is 0 Å². The second kappa shape index (κ2) is 5.92. The van der Waals surface area contributed by atoms with Gasteiger partial charge < -0.3 is 10.5 Å². The van der Waals surface area contributed by atoms with E-state index in [1.165, 1.54) is 0 Å². The average Bonchev–Trinajstić information content (AvgIpc) is 2.76. The molecule has 2 rings (SSSR count). The molecule has 106 valence electrons. The lowest BCUT2D eigenvalue weighted by molar-refractivity contribution is 0.308. The molecule has 1 aromatic rings. The molecule has 0 aliphatic carbocycles. The Morgan fingerprint density at radius 1 is 1.42 bits per heavy atom. The van der Waals surface area contributed by atoms with Crippen LogP contribution in [-0.2, 0) is 9.84 Å². The first-order valence-electron chi connectivity index (χ1n) is 6.71. The third-order valence-corrected chi connectivity index (χ3v) is 5.31. The van der Waals surface area contributed by atoms with Gasteiger partial charge in [-0.2, -0.15) is 0 Å². The van der Waals surface area contributed by atoms with E-state index >= 15 is 0 Å². The Morgan fingerprint density at radius 2 is 2.16 bits per heavy atom. The molecule has 0 radical (unpaired) electrons. The number of hydrogen-bond donors (Lipinski definition) is 1. The van der Waals surface area contributed by atoms with Crippen molar-refractivity contribution in [1.82, 2.24) is 0 Å². The molecule has 1 aromatic carbocycles. The molecule has 1 aliphatic rings. The van der Waals surface area contributed by atoms with Crippen LogP contribution in [0, 0.1) is 5.92 Å². The summed E-state index contributed by atoms with van der Waals surface area (Å²) < 4.78 is 28.8. The van der Waals surface area contributed by atoms with Crippen molar-refractivity contribution in [2.45, 2.75) is 25.8 Å². The van der Waals surface area contributed by atoms with Crippen LogP contribution in [0.4, 0.5) is 0 Å². The monoisotopic (exact) mass is 283 g/mol. The standard InChI is InChI=1S/C14H21NO3S/c1-2-8-18-13-6-4-3-5-12(13)14(15)11-7-9-19(16,17)10-11/h3-6,11,14H,2,7-10,15H2,1H3. The molecule has 0 bridgehead atoms. The lowest BCUT2D eigenvalue weighted by Gasteiger charge is -2.21. The molecule has 1 heterocycles. The van der Waals surface area contributed by atoms with E-state index in [0.717, 1.165) is 17.7 Å². The summed E-state index contributed by atoms with van der Waals surface area (Å²) in [7, 11) is -2.90. The van der Waals surface area contributed by atoms with Crippen LogP contribution in [0.2, 0.25) is 0 Å². The number of rotatable bonds is 5. The Kier molecular flexibility index (Phi) is 4.47. The van der Waals surface area contributed by atoms with Crippen LogP contribution in [-0.4, -0.2) is 26.5 Å². The van der Waals surface area contributed by atoms with Gasteiger partial charge >= 0.3 is 0 Å². The lowest BCUT2D eigenvalue weighted by atomic mass is 9.93. The first kappa shape index (κ1) is 14.3. The molecular weight excluding hydrogens is 262 g/mol. The van der Waals surface area contributed by atoms with Crippen LogP contribution in [0.1, 0.15) is 31.4 Å². The minimum Gasteiger partial charge on any atom is -0.493 e. The van der Waals surface area contributed by atoms with Crippen molar-refractivity contribution in [2.24, 2.45) is 11.7 Å². The fourth-order valence-corrected chi connectivity index (χ4v) is 4.32. The van der Waals surface area contributed by atoms with E-state index in [1.807, 2.05) is 31.2 Å². The summed E-state index contributed by atoms with van der Waals surface area (Å²) in [4.78, 5) is 0. The van der Waals surface area contributed by atoms with Gasteiger partial charge in [-0.15, -0.1) is 0 Å². The van der Waals surface area contributed by atoms with Crippen LogP contribution in [0.15, 0.2) is 24.3 Å². The van der Waals surface area contributed by atoms with Crippen molar-refractivity contribution in [2.75, 3.05) is 18.1 Å². The largest absolute Gasteiger partial charge is 0.493 e. The maximum absolute atomic E-state index is 11.5. The first-order chi connectivity index (χ1) is 9.03. The van der Waals surface area contributed by atoms with Gasteiger partial charge in [-0.1, -0.05) is 25.1 Å². The average molecular weight is 283 g/mol. The maximum Gasteiger partial charge on any atom is 0.150 e. The SMILES string of the molecule is CCCOc1ccccc1C(N)C1CCS(=O)(=O)C1. The van der Waals surface area contributed by atoms with E-state index in [4.69, 9.17) is 10.5 Å². The van der Waals surface area contributed by atoms with Crippen molar-refractivity contribution < 1.29 is 13.2 Å². The summed E-state index contributed by atoms with van der Waals surface area (Å²) in [5.74, 6) is 1.22. The molecule has 5 heteroatoms. The van der Waals surface area contributed by atoms with Gasteiger partial charge in [0.05, 0.1) is 18.1 Å². The highest BCUT2D eigenvalue weighted by Crippen LogP contribution is 2.34. The lowest BCUT2D eigenvalue weighted by Crippen LogP contribution is -2.23. The van der Waals surface area contributed by atoms with Gasteiger partial charge in [0.2, 0.25) is 0 Å². The molecule has 2 atom stereocenters. The zero-order chi connectivity index (χ0) is 13.9. The second-order valence-corrected chi connectivity index (χ2v) is 7.30. The van der Waals surface area contributed by atoms with E-state index in [2.05, 4.69) is 0 Å². The molecular formula is C14H21NO3S. The minimum absolute atomic E-state index is 0.00336. The normalized spacial score (nSPS) is 23.2. The van der Waals surface area contributed by atoms with Crippen LogP contribution < -0.4 is 10.5 Å². The third-order valence-electron chi connectivity index (χ3n) is 3.52. The predicted molar refractivity (Wildman–Crippen MR) is 75.9 cm³/mol. The van der Waals surface area contributed by atoms with Gasteiger partial charge in [0.15, 0.2) is 9.84 Å². The number of hydrogen-bond acceptors (Lipinski definition) is 4. The van der Waals surface area contributed by atoms with Gasteiger partial charge in [-0.25, -0.2) is 8.42 Å². The summed E-state index contributed by atoms with van der Waals surface area (Å²) in [6.45, 7) is 2.69. The van der Waals surface area contributed by atoms with Crippen molar-refractivity contribution in [3.05, 3.63) is 29.8 Å². The molecule has 2 unspecified atom stereocenters. The van der Waals surface area contributed by atoms with Crippen molar-refractivity contribution in [3.63, 3.8) is 0 Å². The molecule has 0 saturated carbocycles. The second-order valence-electron chi connectivity index (χ2n) is 5.08. The summed E-state index contributed by atoms with van der Waals surface area (Å²) in [6, 6.07) is 7.38. The molecule has 0 aromatic heterocycles. The quantitative estimate of drug-likeness (QED) is 0.896. The van der Waals surface area contributed by atoms with Crippen LogP contribution >= 0.6 is 0 Å². The predicted octanol–water partition coefficient (Wildman–Crippen LogP) is 1.91. The molecule has 1 fully saturated rings. The number of ether oxygens (including phenoxy) is 1. The van der Waals surface area contributed by atoms with E-state index < -0.39 is 9.84 Å². The summed E-state index contributed by atoms with van der Waals surface area (Å²) in [5.41, 5.74) is 7.16. The van der Waals surface area contributed by atoms with Crippen molar-refractivity contribution in [3.8, 4) is 5.75 Å². The summed E-state index contributed by atoms with van der Waals surface area (Å²) in [6.07, 6.45) is 1.58. The van der Waals surface area contributed by atoms with E-state index in [-0.39, 0.29) is 23.5 Å². The fraction of sp³-hybridized carbons (Fsp3) is 0.571. The molecule has 0 spiro atoms. The summed E-state index contributed by atoms with van der Waals surface area (Å²) >= 11 is 0. The fourth-order valence-electron chi connectivity index (χ4n) is 2.46. The maximum atomic E-state index is 11.5. The van der Waals surface area contributed by atoms with E-state index in [0.29, 0.717) is 13.0 Å². The molecule has 19 heavy (non-hydrogen) atoms. The molecule has 1 aliphatic heterocycles. The van der Waals surface area contributed by atoms with Crippen LogP contribution in [0.5, 0.6) is 5.75 Å². The third kappa shape index (κ3) is 3.48. The minimum atomic E-state index is -2.90. The van der Waals surface area contributed by atoms with Gasteiger partial charge in [0.1, 0.15) is 5.75 Å². The van der Waals surface area contributed by atoms with Crippen molar-refractivity contribution >= 4 is 9.84 Å². The zero-order valence-electron chi connectivity index (χ0n) is 11.2. The number of para-hydroxylation sites is 1. The summed E-state index contributed by atoms with van der Waals surface area (Å²) in [5, 5.41) is 0. The van der Waals surface area contributed by atoms with Gasteiger partial charge in [-0.05, 0) is 24.8 Å². The topological polar surface area (TPSA) is 69.4 Å². The van der Waals surface area contributed by atoms with Gasteiger partial charge in [0, 0.05) is 11.6 Å². The van der Waals surface area contributed by atoms with Crippen LogP contribution in [0.25, 0.3) is 0 Å². The van der Waals surface area contributed by atoms with E-state index in [9.17, 15) is 8.42 Å². The zero-order valence-corrected chi connectivity index (χ0v) is 12.0. The van der Waals surface area contributed by atoms with E-state index in [1.54, 1.807) is 0 Å². The Bertz CT molecular complexity index is 527. The molecule has 4 nitrogen and oxygen atoms in total. The molecule has 2 N–H and O–H groups in total. The Balaban J connectivity index is 2.17. The first-order valence-corrected chi connectivity index (χ1v) is 8.53. The van der Waals surface area contributed by atoms with Gasteiger partial charge in [0.25, 0.3) is 0 Å². The smallest absolute Gasteiger partial charge is 0.150 e. The Hall–Kier alpha value is -1.07. The highest BCUT2D eigenvalue weighted by Gasteiger charge is 2.33. The molecule has 0 amide bonds. The van der Waals surface area contributed by atoms with Gasteiger partial charge in [-0.3, -0.25) is 0 Å². The van der Waals surface area contributed by atoms with Crippen molar-refractivity contribution in [1.29, 1.82) is 0 Å². The molecule has 1 saturated heterocycles. The number of sulfone groups is 1. The number of nitrogens with two attached hydrogens (primary N) is 1. The highest BCUT2D eigenvalue weighted by atomic mass is 32.2. The highest BCUT2D eigenvalue weighted by molar-refractivity contribution is 7.91.